The summed E-state index contributed by atoms with van der Waals surface area (Å²) in [6.45, 7) is -2.87. The van der Waals surface area contributed by atoms with Gasteiger partial charge in [0.1, 0.15) is 60.9 Å². The number of aliphatic hydroxyl groups is 5. The monoisotopic (exact) mass is 916 g/mol. The molecule has 15 atom stereocenters. The zero-order valence-corrected chi connectivity index (χ0v) is 30.4. The van der Waals surface area contributed by atoms with E-state index in [9.17, 15) is 86.6 Å². The zero-order valence-electron chi connectivity index (χ0n) is 26.3. The third-order valence-electron chi connectivity index (χ3n) is 7.30. The first-order valence-corrected chi connectivity index (χ1v) is 21.0. The number of ether oxygens (including phenoxy) is 5. The molecule has 3 heterocycles. The first-order valence-electron chi connectivity index (χ1n) is 14.1. The van der Waals surface area contributed by atoms with Gasteiger partial charge in [0, 0.05) is 0 Å². The van der Waals surface area contributed by atoms with Crippen molar-refractivity contribution >= 4 is 57.8 Å². The second-order valence-corrected chi connectivity index (χ2v) is 16.8. The topological polar surface area (TPSA) is 508 Å². The van der Waals surface area contributed by atoms with Crippen molar-refractivity contribution in [2.24, 2.45) is 0 Å². The minimum Gasteiger partial charge on any atom is -0.479 e. The van der Waals surface area contributed by atoms with E-state index in [4.69, 9.17) is 37.3 Å². The van der Waals surface area contributed by atoms with Crippen LogP contribution in [-0.4, -0.2) is 207 Å². The lowest BCUT2D eigenvalue weighted by Crippen LogP contribution is -2.69. The Kier molecular flexibility index (Phi) is 15.4. The van der Waals surface area contributed by atoms with Crippen molar-refractivity contribution in [1.82, 2.24) is 9.44 Å². The molecule has 55 heavy (non-hydrogen) atoms. The van der Waals surface area contributed by atoms with Gasteiger partial charge in [-0.05, 0) is 0 Å². The van der Waals surface area contributed by atoms with E-state index >= 15 is 0 Å². The summed E-state index contributed by atoms with van der Waals surface area (Å²) in [5.74, 6) is -2.24. The first-order chi connectivity index (χ1) is 24.8. The maximum Gasteiger partial charge on any atom is 0.397 e. The van der Waals surface area contributed by atoms with Crippen molar-refractivity contribution in [3.63, 3.8) is 0 Å². The van der Waals surface area contributed by atoms with Crippen LogP contribution in [-0.2, 0) is 92.8 Å². The second kappa shape index (κ2) is 17.7. The normalized spacial score (nSPS) is 38.4. The van der Waals surface area contributed by atoms with Crippen LogP contribution >= 0.6 is 0 Å². The highest BCUT2D eigenvalue weighted by atomic mass is 32.3. The molecule has 0 aliphatic carbocycles. The molecule has 0 unspecified atom stereocenters. The van der Waals surface area contributed by atoms with Crippen LogP contribution in [0.4, 0.5) is 0 Å². The minimum atomic E-state index is -5.85. The van der Waals surface area contributed by atoms with E-state index in [0.29, 0.717) is 0 Å². The molecule has 0 aromatic carbocycles. The van der Waals surface area contributed by atoms with Crippen LogP contribution in [0.15, 0.2) is 0 Å². The Morgan fingerprint density at radius 2 is 1.04 bits per heavy atom. The Morgan fingerprint density at radius 3 is 1.51 bits per heavy atom. The fourth-order valence-corrected chi connectivity index (χ4v) is 7.46. The molecule has 0 bridgehead atoms. The molecule has 0 spiro atoms. The van der Waals surface area contributed by atoms with Crippen molar-refractivity contribution < 1.29 is 137 Å². The number of nitrogens with one attached hydrogen (secondary N) is 2. The Labute approximate surface area is 308 Å². The molecular formula is C18H32N2O30S5. The second-order valence-electron chi connectivity index (χ2n) is 11.2. The summed E-state index contributed by atoms with van der Waals surface area (Å²) >= 11 is 0. The number of carboxylic acids is 1. The summed E-state index contributed by atoms with van der Waals surface area (Å²) in [4.78, 5) is 12.4. The fraction of sp³-hybridized carbons (Fsp3) is 0.944. The highest BCUT2D eigenvalue weighted by Crippen LogP contribution is 2.34. The van der Waals surface area contributed by atoms with Crippen molar-refractivity contribution in [3.05, 3.63) is 0 Å². The number of aliphatic hydroxyl groups excluding tert-OH is 5. The summed E-state index contributed by atoms with van der Waals surface area (Å²) in [6, 6.07) is -4.85. The lowest BCUT2D eigenvalue weighted by molar-refractivity contribution is -0.357. The van der Waals surface area contributed by atoms with Gasteiger partial charge in [0.15, 0.2) is 31.1 Å². The molecule has 13 N–H and O–H groups in total. The molecule has 3 saturated heterocycles. The van der Waals surface area contributed by atoms with Gasteiger partial charge in [-0.3, -0.25) is 22.8 Å². The molecule has 0 aromatic rings. The third kappa shape index (κ3) is 14.0. The summed E-state index contributed by atoms with van der Waals surface area (Å²) in [6.07, 6.45) is -33.7. The van der Waals surface area contributed by atoms with E-state index in [-0.39, 0.29) is 0 Å². The van der Waals surface area contributed by atoms with Crippen LogP contribution in [0.5, 0.6) is 0 Å². The highest BCUT2D eigenvalue weighted by Gasteiger charge is 2.57. The molecule has 0 aromatic heterocycles. The van der Waals surface area contributed by atoms with E-state index in [0.717, 1.165) is 0 Å². The summed E-state index contributed by atoms with van der Waals surface area (Å²) in [5, 5.41) is 63.1. The number of aliphatic carboxylic acids is 1. The Bertz CT molecular complexity index is 1910. The van der Waals surface area contributed by atoms with Gasteiger partial charge in [-0.25, -0.2) is 17.3 Å². The Balaban J connectivity index is 2.07. The largest absolute Gasteiger partial charge is 0.479 e. The molecule has 0 saturated carbocycles. The molecule has 32 nitrogen and oxygen atoms in total. The lowest BCUT2D eigenvalue weighted by atomic mass is 9.95. The van der Waals surface area contributed by atoms with Crippen LogP contribution < -0.4 is 9.44 Å². The number of carbonyl (C=O) groups is 1. The molecule has 324 valence electrons. The van der Waals surface area contributed by atoms with Crippen LogP contribution in [0.2, 0.25) is 0 Å². The van der Waals surface area contributed by atoms with Gasteiger partial charge in [0.05, 0.1) is 13.2 Å². The van der Waals surface area contributed by atoms with Crippen molar-refractivity contribution in [2.75, 3.05) is 13.2 Å². The van der Waals surface area contributed by atoms with Crippen molar-refractivity contribution in [2.45, 2.75) is 92.0 Å². The molecule has 0 radical (unpaired) electrons. The van der Waals surface area contributed by atoms with Gasteiger partial charge >= 0.3 is 57.8 Å². The smallest absolute Gasteiger partial charge is 0.397 e. The van der Waals surface area contributed by atoms with Gasteiger partial charge in [0.2, 0.25) is 0 Å². The maximum absolute atomic E-state index is 12.4. The summed E-state index contributed by atoms with van der Waals surface area (Å²) < 4.78 is 201. The number of hydrogen-bond acceptors (Lipinski definition) is 24. The quantitative estimate of drug-likeness (QED) is 0.0603. The van der Waals surface area contributed by atoms with Crippen LogP contribution in [0.3, 0.4) is 0 Å². The molecule has 3 fully saturated rings. The maximum atomic E-state index is 12.4. The SMILES string of the molecule is O=C(O)[C@H]1O[C@@H](O[C@H]2[C@H](O)[C@@H](NS(=O)(=O)O)[C@@H](O)O[C@@H]2COS(=O)(=O)O)[C@H](OS(=O)(=O)O)[C@@H](O)[C@@H]1O[C@H]1O[C@H](COS(=O)(=O)O)[C@@H](O)[C@H](O)[C@H]1NS(=O)(=O)O. The Hall–Kier alpha value is -1.58. The third-order valence-corrected chi connectivity index (χ3v) is 9.78. The van der Waals surface area contributed by atoms with E-state index in [2.05, 4.69) is 12.5 Å². The van der Waals surface area contributed by atoms with E-state index in [1.54, 1.807) is 0 Å². The van der Waals surface area contributed by atoms with E-state index in [1.807, 2.05) is 0 Å². The molecule has 3 aliphatic heterocycles. The fourth-order valence-electron chi connectivity index (χ4n) is 5.16. The zero-order chi connectivity index (χ0) is 42.2. The van der Waals surface area contributed by atoms with Gasteiger partial charge in [-0.15, -0.1) is 0 Å². The summed E-state index contributed by atoms with van der Waals surface area (Å²) in [5.41, 5.74) is 0. The molecule has 37 heteroatoms. The van der Waals surface area contributed by atoms with Crippen molar-refractivity contribution in [3.8, 4) is 0 Å². The number of carboxylic acid groups (broad SMARTS) is 1. The van der Waals surface area contributed by atoms with Gasteiger partial charge in [-0.2, -0.15) is 51.5 Å². The predicted molar refractivity (Wildman–Crippen MR) is 158 cm³/mol. The minimum absolute atomic E-state index is 1.27. The van der Waals surface area contributed by atoms with Gasteiger partial charge in [0.25, 0.3) is 0 Å². The van der Waals surface area contributed by atoms with Crippen LogP contribution in [0.1, 0.15) is 0 Å². The first kappa shape index (κ1) is 47.8. The van der Waals surface area contributed by atoms with Gasteiger partial charge in [-0.1, -0.05) is 0 Å². The Morgan fingerprint density at radius 1 is 0.545 bits per heavy atom. The highest BCUT2D eigenvalue weighted by molar-refractivity contribution is 7.84. The van der Waals surface area contributed by atoms with Gasteiger partial charge < -0.3 is 54.3 Å². The van der Waals surface area contributed by atoms with Crippen molar-refractivity contribution in [1.29, 1.82) is 0 Å². The molecular weight excluding hydrogens is 885 g/mol. The molecule has 3 rings (SSSR count). The van der Waals surface area contributed by atoms with E-state index in [1.165, 1.54) is 9.44 Å². The molecule has 0 amide bonds. The lowest BCUT2D eigenvalue weighted by Gasteiger charge is -2.48. The van der Waals surface area contributed by atoms with Crippen LogP contribution in [0.25, 0.3) is 0 Å². The average molecular weight is 917 g/mol. The molecule has 3 aliphatic rings. The average Bonchev–Trinajstić information content (AvgIpc) is 2.98. The van der Waals surface area contributed by atoms with E-state index < -0.39 is 163 Å². The predicted octanol–water partition coefficient (Wildman–Crippen LogP) is -9.20. The number of rotatable bonds is 17. The standard InChI is InChI=1S/C18H32N2O30S5/c21-7-3(1-43-53(34,35)36)46-17(6(8(7)22)20-52(31,32)33)48-12-10(24)13(50-55(40,41)42)18(49-14(12)15(25)26)47-11-4(2-44-54(37,38)39)45-16(27)5(9(11)23)19-51(28,29)30/h3-14,16-24,27H,1-2H2,(H,25,26)(H,28,29,30)(H,31,32,33)(H,34,35,36)(H,37,38,39)(H,40,41,42)/t3-,4-,5-,6-,7-,8-,9-,10+,11-,12+,13-,14+,16+,17-,18-/m1/s1. The van der Waals surface area contributed by atoms with Crippen LogP contribution in [0, 0.1) is 0 Å². The summed E-state index contributed by atoms with van der Waals surface area (Å²) in [7, 11) is -27.3. The number of hydrogen-bond donors (Lipinski definition) is 13.